The average Bonchev–Trinajstić information content (AvgIpc) is 3.35. The summed E-state index contributed by atoms with van der Waals surface area (Å²) < 4.78 is 3.30. The first-order valence-electron chi connectivity index (χ1n) is 10.1. The third kappa shape index (κ3) is 3.35. The molecule has 4 aromatic rings. The summed E-state index contributed by atoms with van der Waals surface area (Å²) in [6.07, 6.45) is 6.13. The quantitative estimate of drug-likeness (QED) is 0.455. The highest BCUT2D eigenvalue weighted by Crippen LogP contribution is 2.25. The predicted octanol–water partition coefficient (Wildman–Crippen LogP) is 1.21. The number of amides is 1. The second-order valence-electron chi connectivity index (χ2n) is 7.32. The topological polar surface area (TPSA) is 122 Å². The van der Waals surface area contributed by atoms with E-state index in [0.717, 1.165) is 35.7 Å². The van der Waals surface area contributed by atoms with Gasteiger partial charge in [0.2, 0.25) is 11.9 Å². The molecule has 0 unspecified atom stereocenters. The van der Waals surface area contributed by atoms with Gasteiger partial charge in [-0.3, -0.25) is 9.48 Å². The minimum atomic E-state index is -0.371. The molecule has 1 atom stereocenters. The molecule has 0 radical (unpaired) electrons. The lowest BCUT2D eigenvalue weighted by atomic mass is 10.1. The zero-order valence-electron chi connectivity index (χ0n) is 16.3. The summed E-state index contributed by atoms with van der Waals surface area (Å²) in [5.74, 6) is 0.958. The fourth-order valence-electron chi connectivity index (χ4n) is 3.71. The molecule has 10 nitrogen and oxygen atoms in total. The Hall–Kier alpha value is -3.53. The van der Waals surface area contributed by atoms with E-state index >= 15 is 0 Å². The van der Waals surface area contributed by atoms with Gasteiger partial charge in [-0.05, 0) is 31.4 Å². The Bertz CT molecular complexity index is 1210. The summed E-state index contributed by atoms with van der Waals surface area (Å²) in [5, 5.41) is 25.1. The van der Waals surface area contributed by atoms with E-state index in [0.29, 0.717) is 30.5 Å². The van der Waals surface area contributed by atoms with Crippen molar-refractivity contribution in [3.8, 4) is 11.4 Å². The second kappa shape index (κ2) is 7.71. The fourth-order valence-corrected chi connectivity index (χ4v) is 3.71. The van der Waals surface area contributed by atoms with Crippen molar-refractivity contribution in [1.82, 2.24) is 34.7 Å². The highest BCUT2D eigenvalue weighted by atomic mass is 16.3. The molecule has 0 spiro atoms. The molecule has 1 aliphatic rings. The molecular formula is C20H22N8O2. The van der Waals surface area contributed by atoms with Crippen molar-refractivity contribution in [2.75, 3.05) is 18.5 Å². The Morgan fingerprint density at radius 2 is 2.13 bits per heavy atom. The van der Waals surface area contributed by atoms with Crippen LogP contribution < -0.4 is 10.6 Å². The number of carbonyl (C=O) groups is 1. The van der Waals surface area contributed by atoms with Crippen molar-refractivity contribution in [2.24, 2.45) is 0 Å². The lowest BCUT2D eigenvalue weighted by Gasteiger charge is -2.16. The van der Waals surface area contributed by atoms with Gasteiger partial charge >= 0.3 is 0 Å². The highest BCUT2D eigenvalue weighted by Gasteiger charge is 2.23. The average molecular weight is 406 g/mol. The van der Waals surface area contributed by atoms with Crippen molar-refractivity contribution >= 4 is 28.4 Å². The molecule has 1 amide bonds. The molecular weight excluding hydrogens is 384 g/mol. The molecule has 0 bridgehead atoms. The monoisotopic (exact) mass is 406 g/mol. The molecule has 3 N–H and O–H groups in total. The Morgan fingerprint density at radius 1 is 1.23 bits per heavy atom. The van der Waals surface area contributed by atoms with Gasteiger partial charge < -0.3 is 15.7 Å². The van der Waals surface area contributed by atoms with Crippen LogP contribution >= 0.6 is 0 Å². The summed E-state index contributed by atoms with van der Waals surface area (Å²) >= 11 is 0. The number of nitrogens with zero attached hydrogens (tertiary/aromatic N) is 6. The molecule has 1 aromatic carbocycles. The molecule has 0 aliphatic carbocycles. The molecule has 154 valence electrons. The minimum Gasteiger partial charge on any atom is -0.394 e. The van der Waals surface area contributed by atoms with Gasteiger partial charge in [0.05, 0.1) is 30.4 Å². The van der Waals surface area contributed by atoms with Crippen molar-refractivity contribution in [3.05, 3.63) is 36.7 Å². The highest BCUT2D eigenvalue weighted by molar-refractivity contribution is 5.93. The van der Waals surface area contributed by atoms with Gasteiger partial charge in [-0.15, -0.1) is 5.10 Å². The van der Waals surface area contributed by atoms with Crippen LogP contribution in [0, 0.1) is 0 Å². The number of carbonyl (C=O) groups excluding carboxylic acids is 1. The Morgan fingerprint density at radius 3 is 3.03 bits per heavy atom. The van der Waals surface area contributed by atoms with E-state index in [9.17, 15) is 4.79 Å². The number of anilines is 1. The maximum absolute atomic E-state index is 12.4. The lowest BCUT2D eigenvalue weighted by molar-refractivity contribution is -0.121. The van der Waals surface area contributed by atoms with Gasteiger partial charge in [-0.25, -0.2) is 9.97 Å². The van der Waals surface area contributed by atoms with Gasteiger partial charge in [0.1, 0.15) is 6.04 Å². The third-order valence-electron chi connectivity index (χ3n) is 5.24. The number of hydrogen-bond donors (Lipinski definition) is 3. The van der Waals surface area contributed by atoms with Crippen LogP contribution in [0.2, 0.25) is 0 Å². The van der Waals surface area contributed by atoms with E-state index in [-0.39, 0.29) is 18.6 Å². The van der Waals surface area contributed by atoms with Crippen molar-refractivity contribution in [2.45, 2.75) is 31.8 Å². The lowest BCUT2D eigenvalue weighted by Crippen LogP contribution is -2.38. The largest absolute Gasteiger partial charge is 0.394 e. The summed E-state index contributed by atoms with van der Waals surface area (Å²) in [6, 6.07) is 7.35. The standard InChI is InChI=1S/C20H22N8O2/c29-10-9-27-12-13(11-22-27)17-25-18-14-5-1-2-6-15(14)23-20(28(18)26-17)24-16-7-3-4-8-21-19(16)30/h1-2,5-6,11-12,16,29H,3-4,7-10H2,(H,21,30)(H,23,24)/t16-/m1/s1. The fraction of sp³-hybridized carbons (Fsp3) is 0.350. The first-order valence-corrected chi connectivity index (χ1v) is 10.1. The van der Waals surface area contributed by atoms with E-state index in [4.69, 9.17) is 15.1 Å². The molecule has 30 heavy (non-hydrogen) atoms. The van der Waals surface area contributed by atoms with Crippen LogP contribution in [0.4, 0.5) is 5.95 Å². The van der Waals surface area contributed by atoms with E-state index in [1.54, 1.807) is 21.6 Å². The van der Waals surface area contributed by atoms with E-state index in [1.165, 1.54) is 0 Å². The molecule has 1 fully saturated rings. The SMILES string of the molecule is O=C1NCCCC[C@H]1Nc1nc2ccccc2c2nc(-c3cnn(CCO)c3)nn12. The summed E-state index contributed by atoms with van der Waals surface area (Å²) in [7, 11) is 0. The smallest absolute Gasteiger partial charge is 0.242 e. The number of benzene rings is 1. The number of aliphatic hydroxyl groups is 1. The van der Waals surface area contributed by atoms with Gasteiger partial charge in [-0.1, -0.05) is 12.1 Å². The molecule has 10 heteroatoms. The number of hydrogen-bond acceptors (Lipinski definition) is 7. The number of para-hydroxylation sites is 1. The van der Waals surface area contributed by atoms with Crippen LogP contribution in [-0.4, -0.2) is 59.6 Å². The van der Waals surface area contributed by atoms with E-state index < -0.39 is 0 Å². The predicted molar refractivity (Wildman–Crippen MR) is 111 cm³/mol. The van der Waals surface area contributed by atoms with E-state index in [2.05, 4.69) is 20.8 Å². The zero-order chi connectivity index (χ0) is 20.5. The zero-order valence-corrected chi connectivity index (χ0v) is 16.3. The van der Waals surface area contributed by atoms with Crippen molar-refractivity contribution in [1.29, 1.82) is 0 Å². The van der Waals surface area contributed by atoms with Gasteiger partial charge in [0, 0.05) is 18.1 Å². The van der Waals surface area contributed by atoms with Crippen LogP contribution in [0.15, 0.2) is 36.7 Å². The summed E-state index contributed by atoms with van der Waals surface area (Å²) in [5.41, 5.74) is 2.17. The van der Waals surface area contributed by atoms with Gasteiger partial charge in [0.15, 0.2) is 11.5 Å². The molecule has 0 saturated carbocycles. The minimum absolute atomic E-state index is 0.00575. The molecule has 4 heterocycles. The Kier molecular flexibility index (Phi) is 4.75. The number of rotatable bonds is 5. The van der Waals surface area contributed by atoms with Crippen LogP contribution in [0.5, 0.6) is 0 Å². The van der Waals surface area contributed by atoms with Gasteiger partial charge in [0.25, 0.3) is 0 Å². The number of fused-ring (bicyclic) bond motifs is 3. The number of nitrogens with one attached hydrogen (secondary N) is 2. The summed E-state index contributed by atoms with van der Waals surface area (Å²) in [4.78, 5) is 21.9. The molecule has 1 aliphatic heterocycles. The number of aliphatic hydroxyl groups excluding tert-OH is 1. The van der Waals surface area contributed by atoms with Crippen molar-refractivity contribution in [3.63, 3.8) is 0 Å². The first-order chi connectivity index (χ1) is 14.7. The van der Waals surface area contributed by atoms with Crippen LogP contribution in [0.1, 0.15) is 19.3 Å². The molecule has 1 saturated heterocycles. The normalized spacial score (nSPS) is 17.2. The maximum Gasteiger partial charge on any atom is 0.242 e. The maximum atomic E-state index is 12.4. The van der Waals surface area contributed by atoms with Crippen LogP contribution in [-0.2, 0) is 11.3 Å². The second-order valence-corrected chi connectivity index (χ2v) is 7.32. The Labute approximate surface area is 171 Å². The number of aromatic nitrogens is 6. The first kappa shape index (κ1) is 18.5. The van der Waals surface area contributed by atoms with Crippen molar-refractivity contribution < 1.29 is 9.90 Å². The Balaban J connectivity index is 1.61. The molecule has 5 rings (SSSR count). The van der Waals surface area contributed by atoms with E-state index in [1.807, 2.05) is 24.3 Å². The van der Waals surface area contributed by atoms with Gasteiger partial charge in [-0.2, -0.15) is 9.61 Å². The summed E-state index contributed by atoms with van der Waals surface area (Å²) in [6.45, 7) is 1.11. The third-order valence-corrected chi connectivity index (χ3v) is 5.24. The van der Waals surface area contributed by atoms with Crippen LogP contribution in [0.3, 0.4) is 0 Å². The molecule has 3 aromatic heterocycles. The van der Waals surface area contributed by atoms with Crippen LogP contribution in [0.25, 0.3) is 27.9 Å².